The molecule has 0 aliphatic carbocycles. The molecule has 2 aromatic rings. The highest BCUT2D eigenvalue weighted by molar-refractivity contribution is 14.1. The predicted molar refractivity (Wildman–Crippen MR) is 75.5 cm³/mol. The molecule has 4 N–H and O–H groups in total. The number of halogens is 1. The third-order valence-electron chi connectivity index (χ3n) is 3.27. The summed E-state index contributed by atoms with van der Waals surface area (Å²) in [5.41, 5.74) is 1.62. The molecule has 1 aromatic carbocycles. The van der Waals surface area contributed by atoms with E-state index in [1.165, 1.54) is 0 Å². The van der Waals surface area contributed by atoms with Crippen LogP contribution in [0.3, 0.4) is 0 Å². The lowest BCUT2D eigenvalue weighted by atomic mass is 10.1. The zero-order valence-electron chi connectivity index (χ0n) is 9.82. The fourth-order valence-electron chi connectivity index (χ4n) is 2.26. The largest absolute Gasteiger partial charge is 0.394 e. The fourth-order valence-corrected chi connectivity index (χ4v) is 2.75. The molecule has 1 aromatic heterocycles. The number of hydrogen-bond donors (Lipinski definition) is 4. The van der Waals surface area contributed by atoms with Crippen LogP contribution in [0.2, 0.25) is 0 Å². The summed E-state index contributed by atoms with van der Waals surface area (Å²) in [6, 6.07) is 5.75. The Labute approximate surface area is 122 Å². The van der Waals surface area contributed by atoms with Gasteiger partial charge in [0.15, 0.2) is 0 Å². The van der Waals surface area contributed by atoms with Crippen LogP contribution in [-0.4, -0.2) is 50.2 Å². The number of aliphatic hydroxyl groups excluding tert-OH is 3. The monoisotopic (exact) mass is 376 g/mol. The van der Waals surface area contributed by atoms with Gasteiger partial charge in [0, 0.05) is 3.57 Å². The molecule has 19 heavy (non-hydrogen) atoms. The summed E-state index contributed by atoms with van der Waals surface area (Å²) in [5.74, 6) is 0.458. The summed E-state index contributed by atoms with van der Waals surface area (Å²) in [7, 11) is 0. The number of imidazole rings is 1. The molecule has 0 saturated carbocycles. The van der Waals surface area contributed by atoms with Gasteiger partial charge in [-0.15, -0.1) is 0 Å². The minimum Gasteiger partial charge on any atom is -0.394 e. The van der Waals surface area contributed by atoms with E-state index in [-0.39, 0.29) is 6.61 Å². The SMILES string of the molecule is OC[C@H]1O[C@H](c2nc3ccc(I)cc3[nH]2)[C@H](O)[C@@H]1O. The first-order valence-electron chi connectivity index (χ1n) is 5.88. The second kappa shape index (κ2) is 4.98. The Morgan fingerprint density at radius 3 is 2.79 bits per heavy atom. The van der Waals surface area contributed by atoms with Crippen LogP contribution in [0.4, 0.5) is 0 Å². The number of aliphatic hydroxyl groups is 3. The van der Waals surface area contributed by atoms with E-state index in [2.05, 4.69) is 32.6 Å². The van der Waals surface area contributed by atoms with Gasteiger partial charge in [-0.3, -0.25) is 0 Å². The van der Waals surface area contributed by atoms with Crippen molar-refractivity contribution in [2.24, 2.45) is 0 Å². The molecule has 102 valence electrons. The molecule has 0 bridgehead atoms. The predicted octanol–water partition coefficient (Wildman–Crippen LogP) is 0.321. The number of aromatic nitrogens is 2. The van der Waals surface area contributed by atoms with Gasteiger partial charge in [-0.1, -0.05) is 0 Å². The summed E-state index contributed by atoms with van der Waals surface area (Å²) in [6.07, 6.45) is -3.74. The van der Waals surface area contributed by atoms with E-state index in [0.29, 0.717) is 5.82 Å². The lowest BCUT2D eigenvalue weighted by molar-refractivity contribution is -0.0249. The molecule has 0 unspecified atom stereocenters. The van der Waals surface area contributed by atoms with Crippen LogP contribution in [-0.2, 0) is 4.74 Å². The van der Waals surface area contributed by atoms with Crippen LogP contribution in [0.15, 0.2) is 18.2 Å². The summed E-state index contributed by atoms with van der Waals surface area (Å²) < 4.78 is 6.51. The third kappa shape index (κ3) is 2.25. The molecule has 0 spiro atoms. The Hall–Kier alpha value is -0.740. The van der Waals surface area contributed by atoms with Gasteiger partial charge >= 0.3 is 0 Å². The summed E-state index contributed by atoms with van der Waals surface area (Å²) in [4.78, 5) is 7.43. The Morgan fingerprint density at radius 2 is 2.11 bits per heavy atom. The van der Waals surface area contributed by atoms with Crippen molar-refractivity contribution in [3.63, 3.8) is 0 Å². The summed E-state index contributed by atoms with van der Waals surface area (Å²) >= 11 is 2.20. The highest BCUT2D eigenvalue weighted by atomic mass is 127. The highest BCUT2D eigenvalue weighted by Gasteiger charge is 2.44. The summed E-state index contributed by atoms with van der Waals surface area (Å²) in [5, 5.41) is 28.7. The molecular weight excluding hydrogens is 363 g/mol. The topological polar surface area (TPSA) is 98.6 Å². The fraction of sp³-hybridized carbons (Fsp3) is 0.417. The first kappa shape index (κ1) is 13.3. The molecule has 0 amide bonds. The van der Waals surface area contributed by atoms with E-state index in [0.717, 1.165) is 14.6 Å². The van der Waals surface area contributed by atoms with Crippen molar-refractivity contribution in [1.82, 2.24) is 9.97 Å². The molecule has 1 fully saturated rings. The Balaban J connectivity index is 1.96. The van der Waals surface area contributed by atoms with Crippen LogP contribution >= 0.6 is 22.6 Å². The van der Waals surface area contributed by atoms with E-state index in [1.807, 2.05) is 18.2 Å². The van der Waals surface area contributed by atoms with Gasteiger partial charge in [0.05, 0.1) is 17.6 Å². The van der Waals surface area contributed by atoms with Crippen molar-refractivity contribution in [1.29, 1.82) is 0 Å². The van der Waals surface area contributed by atoms with Crippen LogP contribution < -0.4 is 0 Å². The van der Waals surface area contributed by atoms with Crippen molar-refractivity contribution in [3.8, 4) is 0 Å². The van der Waals surface area contributed by atoms with Crippen molar-refractivity contribution in [2.75, 3.05) is 6.61 Å². The third-order valence-corrected chi connectivity index (χ3v) is 3.95. The van der Waals surface area contributed by atoms with E-state index in [4.69, 9.17) is 9.84 Å². The van der Waals surface area contributed by atoms with Gasteiger partial charge in [0.25, 0.3) is 0 Å². The van der Waals surface area contributed by atoms with Gasteiger partial charge in [-0.05, 0) is 40.8 Å². The lowest BCUT2D eigenvalue weighted by Crippen LogP contribution is -2.32. The van der Waals surface area contributed by atoms with Crippen LogP contribution in [0.25, 0.3) is 11.0 Å². The van der Waals surface area contributed by atoms with Crippen molar-refractivity contribution < 1.29 is 20.1 Å². The quantitative estimate of drug-likeness (QED) is 0.566. The van der Waals surface area contributed by atoms with E-state index < -0.39 is 24.4 Å². The number of hydrogen-bond acceptors (Lipinski definition) is 5. The lowest BCUT2D eigenvalue weighted by Gasteiger charge is -2.11. The number of aromatic amines is 1. The van der Waals surface area contributed by atoms with E-state index in [9.17, 15) is 10.2 Å². The average molecular weight is 376 g/mol. The molecule has 2 heterocycles. The zero-order valence-corrected chi connectivity index (χ0v) is 12.0. The maximum Gasteiger partial charge on any atom is 0.144 e. The summed E-state index contributed by atoms with van der Waals surface area (Å²) in [6.45, 7) is -0.340. The number of nitrogens with zero attached hydrogens (tertiary/aromatic N) is 1. The van der Waals surface area contributed by atoms with Gasteiger partial charge in [0.1, 0.15) is 30.2 Å². The van der Waals surface area contributed by atoms with Crippen LogP contribution in [0.5, 0.6) is 0 Å². The van der Waals surface area contributed by atoms with Crippen LogP contribution in [0.1, 0.15) is 11.9 Å². The number of fused-ring (bicyclic) bond motifs is 1. The van der Waals surface area contributed by atoms with Crippen molar-refractivity contribution in [3.05, 3.63) is 27.6 Å². The van der Waals surface area contributed by atoms with Crippen molar-refractivity contribution in [2.45, 2.75) is 24.4 Å². The maximum atomic E-state index is 9.94. The second-order valence-corrected chi connectivity index (χ2v) is 5.79. The first-order chi connectivity index (χ1) is 9.10. The molecule has 0 radical (unpaired) electrons. The molecule has 3 rings (SSSR count). The molecule has 6 nitrogen and oxygen atoms in total. The maximum absolute atomic E-state index is 9.94. The number of ether oxygens (including phenoxy) is 1. The number of benzene rings is 1. The van der Waals surface area contributed by atoms with E-state index >= 15 is 0 Å². The smallest absolute Gasteiger partial charge is 0.144 e. The Kier molecular flexibility index (Phi) is 3.48. The standard InChI is InChI=1S/C12H13IN2O4/c13-5-1-2-6-7(3-5)15-12(14-6)11-10(18)9(17)8(4-16)19-11/h1-3,8-11,16-18H,4H2,(H,14,15)/t8-,9-,10-,11+/m1/s1. The minimum absolute atomic E-state index is 0.340. The molecule has 1 aliphatic rings. The molecule has 1 saturated heterocycles. The van der Waals surface area contributed by atoms with Gasteiger partial charge < -0.3 is 25.0 Å². The van der Waals surface area contributed by atoms with Gasteiger partial charge in [-0.25, -0.2) is 4.98 Å². The normalized spacial score (nSPS) is 31.2. The molecule has 4 atom stereocenters. The molecule has 1 aliphatic heterocycles. The zero-order chi connectivity index (χ0) is 13.6. The van der Waals surface area contributed by atoms with Gasteiger partial charge in [-0.2, -0.15) is 0 Å². The Bertz CT molecular complexity index is 602. The average Bonchev–Trinajstić information content (AvgIpc) is 2.92. The first-order valence-corrected chi connectivity index (χ1v) is 6.95. The second-order valence-electron chi connectivity index (χ2n) is 4.54. The van der Waals surface area contributed by atoms with Crippen molar-refractivity contribution >= 4 is 33.6 Å². The van der Waals surface area contributed by atoms with Gasteiger partial charge in [0.2, 0.25) is 0 Å². The minimum atomic E-state index is -1.11. The number of nitrogens with one attached hydrogen (secondary N) is 1. The van der Waals surface area contributed by atoms with Crippen LogP contribution in [0, 0.1) is 3.57 Å². The highest BCUT2D eigenvalue weighted by Crippen LogP contribution is 2.33. The number of H-pyrrole nitrogens is 1. The van der Waals surface area contributed by atoms with E-state index in [1.54, 1.807) is 0 Å². The molecule has 7 heteroatoms. The molecular formula is C12H13IN2O4. The Morgan fingerprint density at radius 1 is 1.32 bits per heavy atom. The number of rotatable bonds is 2.